The molecule has 0 aromatic carbocycles. The van der Waals surface area contributed by atoms with E-state index in [4.69, 9.17) is 9.47 Å². The van der Waals surface area contributed by atoms with Crippen molar-refractivity contribution in [1.82, 2.24) is 0 Å². The summed E-state index contributed by atoms with van der Waals surface area (Å²) < 4.78 is 14.5. The average Bonchev–Trinajstić information content (AvgIpc) is 2.33. The SMILES string of the molecule is CCOC(=O)C(O)C(CC(=O)OC(C)C)C(=O)OC(C)C. The fourth-order valence-electron chi connectivity index (χ4n) is 1.53. The molecule has 0 spiro atoms. The predicted molar refractivity (Wildman–Crippen MR) is 73.2 cm³/mol. The highest BCUT2D eigenvalue weighted by molar-refractivity contribution is 5.87. The molecule has 2 unspecified atom stereocenters. The molecule has 0 aliphatic heterocycles. The second-order valence-electron chi connectivity index (χ2n) is 5.03. The molecular weight excluding hydrogens is 280 g/mol. The first-order chi connectivity index (χ1) is 9.68. The molecule has 0 rings (SSSR count). The highest BCUT2D eigenvalue weighted by Gasteiger charge is 2.37. The molecule has 0 amide bonds. The van der Waals surface area contributed by atoms with Crippen LogP contribution >= 0.6 is 0 Å². The summed E-state index contributed by atoms with van der Waals surface area (Å²) in [7, 11) is 0. The third kappa shape index (κ3) is 7.65. The van der Waals surface area contributed by atoms with Crippen molar-refractivity contribution in [2.45, 2.75) is 59.4 Å². The summed E-state index contributed by atoms with van der Waals surface area (Å²) in [6.45, 7) is 8.18. The van der Waals surface area contributed by atoms with E-state index in [0.29, 0.717) is 0 Å². The number of rotatable bonds is 8. The summed E-state index contributed by atoms with van der Waals surface area (Å²) in [5.41, 5.74) is 0. The van der Waals surface area contributed by atoms with Gasteiger partial charge in [0.15, 0.2) is 6.10 Å². The summed E-state index contributed by atoms with van der Waals surface area (Å²) in [5.74, 6) is -3.86. The van der Waals surface area contributed by atoms with Crippen molar-refractivity contribution in [3.05, 3.63) is 0 Å². The maximum atomic E-state index is 11.9. The number of aliphatic hydroxyl groups is 1. The molecule has 1 N–H and O–H groups in total. The van der Waals surface area contributed by atoms with E-state index in [1.807, 2.05) is 0 Å². The lowest BCUT2D eigenvalue weighted by molar-refractivity contribution is -0.172. The summed E-state index contributed by atoms with van der Waals surface area (Å²) in [6.07, 6.45) is -3.02. The minimum Gasteiger partial charge on any atom is -0.464 e. The Morgan fingerprint density at radius 3 is 1.90 bits per heavy atom. The second kappa shape index (κ2) is 9.33. The molecule has 0 fully saturated rings. The molecule has 0 aromatic heterocycles. The first kappa shape index (κ1) is 19.4. The van der Waals surface area contributed by atoms with Crippen molar-refractivity contribution in [3.8, 4) is 0 Å². The molecule has 0 aliphatic rings. The van der Waals surface area contributed by atoms with Gasteiger partial charge in [0.2, 0.25) is 0 Å². The van der Waals surface area contributed by atoms with E-state index in [0.717, 1.165) is 0 Å². The van der Waals surface area contributed by atoms with E-state index in [1.165, 1.54) is 0 Å². The minimum atomic E-state index is -1.77. The van der Waals surface area contributed by atoms with E-state index in [1.54, 1.807) is 34.6 Å². The minimum absolute atomic E-state index is 0.0539. The summed E-state index contributed by atoms with van der Waals surface area (Å²) in [6, 6.07) is 0. The first-order valence-corrected chi connectivity index (χ1v) is 6.93. The fourth-order valence-corrected chi connectivity index (χ4v) is 1.53. The zero-order valence-electron chi connectivity index (χ0n) is 13.1. The molecule has 0 radical (unpaired) electrons. The van der Waals surface area contributed by atoms with E-state index < -0.39 is 42.5 Å². The van der Waals surface area contributed by atoms with Crippen molar-refractivity contribution >= 4 is 17.9 Å². The zero-order chi connectivity index (χ0) is 16.6. The van der Waals surface area contributed by atoms with Gasteiger partial charge in [-0.1, -0.05) is 0 Å². The Morgan fingerprint density at radius 1 is 0.952 bits per heavy atom. The van der Waals surface area contributed by atoms with Gasteiger partial charge in [0.25, 0.3) is 0 Å². The number of carbonyl (C=O) groups is 3. The lowest BCUT2D eigenvalue weighted by atomic mass is 9.98. The van der Waals surface area contributed by atoms with Crippen LogP contribution in [0.15, 0.2) is 0 Å². The molecular formula is C14H24O7. The number of hydrogen-bond donors (Lipinski definition) is 1. The number of carbonyl (C=O) groups excluding carboxylic acids is 3. The van der Waals surface area contributed by atoms with E-state index in [9.17, 15) is 19.5 Å². The molecule has 2 atom stereocenters. The van der Waals surface area contributed by atoms with Gasteiger partial charge in [0, 0.05) is 0 Å². The third-order valence-corrected chi connectivity index (χ3v) is 2.32. The van der Waals surface area contributed by atoms with E-state index >= 15 is 0 Å². The van der Waals surface area contributed by atoms with Crippen molar-refractivity contribution < 1.29 is 33.7 Å². The quantitative estimate of drug-likeness (QED) is 0.523. The second-order valence-corrected chi connectivity index (χ2v) is 5.03. The molecule has 0 bridgehead atoms. The zero-order valence-corrected chi connectivity index (χ0v) is 13.1. The Bertz CT molecular complexity index is 362. The van der Waals surface area contributed by atoms with Gasteiger partial charge in [-0.15, -0.1) is 0 Å². The van der Waals surface area contributed by atoms with Gasteiger partial charge >= 0.3 is 17.9 Å². The Hall–Kier alpha value is -1.63. The van der Waals surface area contributed by atoms with Crippen LogP contribution < -0.4 is 0 Å². The largest absolute Gasteiger partial charge is 0.464 e. The molecule has 21 heavy (non-hydrogen) atoms. The van der Waals surface area contributed by atoms with Crippen LogP contribution in [0.1, 0.15) is 41.0 Å². The maximum absolute atomic E-state index is 11.9. The van der Waals surface area contributed by atoms with E-state index in [2.05, 4.69) is 4.74 Å². The van der Waals surface area contributed by atoms with Gasteiger partial charge in [0.1, 0.15) is 5.92 Å². The third-order valence-electron chi connectivity index (χ3n) is 2.32. The van der Waals surface area contributed by atoms with Crippen molar-refractivity contribution in [2.24, 2.45) is 5.92 Å². The normalized spacial score (nSPS) is 13.7. The van der Waals surface area contributed by atoms with Gasteiger partial charge < -0.3 is 19.3 Å². The number of hydrogen-bond acceptors (Lipinski definition) is 7. The van der Waals surface area contributed by atoms with Crippen LogP contribution in [0, 0.1) is 5.92 Å². The van der Waals surface area contributed by atoms with Gasteiger partial charge in [-0.05, 0) is 34.6 Å². The van der Waals surface area contributed by atoms with Crippen LogP contribution in [0.5, 0.6) is 0 Å². The molecule has 122 valence electrons. The predicted octanol–water partition coefficient (Wildman–Crippen LogP) is 0.820. The van der Waals surface area contributed by atoms with Crippen molar-refractivity contribution in [1.29, 1.82) is 0 Å². The fraction of sp³-hybridized carbons (Fsp3) is 0.786. The van der Waals surface area contributed by atoms with Gasteiger partial charge in [0.05, 0.1) is 25.2 Å². The summed E-state index contributed by atoms with van der Waals surface area (Å²) in [4.78, 5) is 35.1. The number of ether oxygens (including phenoxy) is 3. The average molecular weight is 304 g/mol. The van der Waals surface area contributed by atoms with Crippen molar-refractivity contribution in [2.75, 3.05) is 6.61 Å². The Balaban J connectivity index is 4.95. The highest BCUT2D eigenvalue weighted by Crippen LogP contribution is 2.16. The highest BCUT2D eigenvalue weighted by atomic mass is 16.6. The Labute approximate surface area is 124 Å². The van der Waals surface area contributed by atoms with Crippen LogP contribution in [-0.2, 0) is 28.6 Å². The lowest BCUT2D eigenvalue weighted by Crippen LogP contribution is -2.39. The summed E-state index contributed by atoms with van der Waals surface area (Å²) in [5, 5.41) is 9.89. The maximum Gasteiger partial charge on any atom is 0.335 e. The van der Waals surface area contributed by atoms with Crippen LogP contribution in [0.4, 0.5) is 0 Å². The van der Waals surface area contributed by atoms with Crippen molar-refractivity contribution in [3.63, 3.8) is 0 Å². The van der Waals surface area contributed by atoms with Gasteiger partial charge in [-0.3, -0.25) is 9.59 Å². The molecule has 0 aromatic rings. The van der Waals surface area contributed by atoms with Crippen LogP contribution in [-0.4, -0.2) is 47.9 Å². The smallest absolute Gasteiger partial charge is 0.335 e. The van der Waals surface area contributed by atoms with Crippen LogP contribution in [0.3, 0.4) is 0 Å². The molecule has 7 heteroatoms. The Morgan fingerprint density at radius 2 is 1.48 bits per heavy atom. The number of aliphatic hydroxyl groups excluding tert-OH is 1. The monoisotopic (exact) mass is 304 g/mol. The molecule has 0 saturated heterocycles. The van der Waals surface area contributed by atoms with Gasteiger partial charge in [-0.2, -0.15) is 0 Å². The van der Waals surface area contributed by atoms with Crippen LogP contribution in [0.25, 0.3) is 0 Å². The molecule has 0 heterocycles. The molecule has 0 saturated carbocycles. The Kier molecular flexibility index (Phi) is 8.61. The number of esters is 3. The first-order valence-electron chi connectivity index (χ1n) is 6.93. The van der Waals surface area contributed by atoms with Gasteiger partial charge in [-0.25, -0.2) is 4.79 Å². The molecule has 0 aliphatic carbocycles. The standard InChI is InChI=1S/C14H24O7/c1-6-19-14(18)12(16)10(13(17)21-9(4)5)7-11(15)20-8(2)3/h8-10,12,16H,6-7H2,1-5H3. The van der Waals surface area contributed by atoms with Crippen LogP contribution in [0.2, 0.25) is 0 Å². The summed E-state index contributed by atoms with van der Waals surface area (Å²) >= 11 is 0. The topological polar surface area (TPSA) is 99.1 Å². The van der Waals surface area contributed by atoms with E-state index in [-0.39, 0.29) is 12.7 Å². The molecule has 7 nitrogen and oxygen atoms in total. The lowest BCUT2D eigenvalue weighted by Gasteiger charge is -2.21.